The molecule has 0 spiro atoms. The van der Waals surface area contributed by atoms with Gasteiger partial charge in [0.1, 0.15) is 5.75 Å². The molecule has 25 heavy (non-hydrogen) atoms. The molecule has 132 valence electrons. The molecule has 0 radical (unpaired) electrons. The summed E-state index contributed by atoms with van der Waals surface area (Å²) in [5, 5.41) is 2.78. The summed E-state index contributed by atoms with van der Waals surface area (Å²) in [6.45, 7) is 6.08. The molecule has 0 saturated carbocycles. The minimum absolute atomic E-state index is 0.182. The highest BCUT2D eigenvalue weighted by molar-refractivity contribution is 6.02. The molecule has 0 bridgehead atoms. The first-order valence-electron chi connectivity index (χ1n) is 8.09. The number of methoxy groups -OCH3 is 1. The fourth-order valence-corrected chi connectivity index (χ4v) is 2.59. The Hall–Kier alpha value is -2.82. The number of hydrogen-bond donors (Lipinski definition) is 1. The highest BCUT2D eigenvalue weighted by atomic mass is 16.5. The fraction of sp³-hybridized carbons (Fsp3) is 0.300. The van der Waals surface area contributed by atoms with Crippen molar-refractivity contribution in [3.05, 3.63) is 58.7 Å². The van der Waals surface area contributed by atoms with Crippen molar-refractivity contribution in [1.29, 1.82) is 0 Å². The SMILES string of the molecule is COC(=O)c1cccc(C)c1NC(=O)CCOc1cc(C)cc(C)c1. The Bertz CT molecular complexity index is 763. The summed E-state index contributed by atoms with van der Waals surface area (Å²) in [7, 11) is 1.31. The van der Waals surface area contributed by atoms with E-state index in [1.54, 1.807) is 12.1 Å². The van der Waals surface area contributed by atoms with Gasteiger partial charge in [0.25, 0.3) is 0 Å². The van der Waals surface area contributed by atoms with Crippen molar-refractivity contribution in [2.45, 2.75) is 27.2 Å². The summed E-state index contributed by atoms with van der Waals surface area (Å²) in [5.41, 5.74) is 3.84. The summed E-state index contributed by atoms with van der Waals surface area (Å²) < 4.78 is 10.4. The molecule has 5 heteroatoms. The van der Waals surface area contributed by atoms with Gasteiger partial charge in [0, 0.05) is 0 Å². The molecule has 0 unspecified atom stereocenters. The van der Waals surface area contributed by atoms with Gasteiger partial charge in [-0.05, 0) is 55.7 Å². The lowest BCUT2D eigenvalue weighted by Crippen LogP contribution is -2.18. The zero-order valence-electron chi connectivity index (χ0n) is 15.0. The number of hydrogen-bond acceptors (Lipinski definition) is 4. The monoisotopic (exact) mass is 341 g/mol. The summed E-state index contributed by atoms with van der Waals surface area (Å²) in [6.07, 6.45) is 0.182. The van der Waals surface area contributed by atoms with Crippen LogP contribution in [0.3, 0.4) is 0 Å². The molecule has 0 fully saturated rings. The van der Waals surface area contributed by atoms with Gasteiger partial charge in [0.2, 0.25) is 5.91 Å². The number of amides is 1. The second-order valence-electron chi connectivity index (χ2n) is 5.96. The van der Waals surface area contributed by atoms with Gasteiger partial charge in [-0.25, -0.2) is 4.79 Å². The number of nitrogens with one attached hydrogen (secondary N) is 1. The molecule has 0 saturated heterocycles. The molecule has 0 atom stereocenters. The van der Waals surface area contributed by atoms with Crippen molar-refractivity contribution < 1.29 is 19.1 Å². The second kappa shape index (κ2) is 8.33. The lowest BCUT2D eigenvalue weighted by Gasteiger charge is -2.13. The Balaban J connectivity index is 1.98. The highest BCUT2D eigenvalue weighted by Crippen LogP contribution is 2.22. The van der Waals surface area contributed by atoms with E-state index < -0.39 is 5.97 Å². The Kier molecular flexibility index (Phi) is 6.17. The van der Waals surface area contributed by atoms with Crippen LogP contribution in [-0.2, 0) is 9.53 Å². The van der Waals surface area contributed by atoms with Crippen LogP contribution in [-0.4, -0.2) is 25.6 Å². The quantitative estimate of drug-likeness (QED) is 0.812. The van der Waals surface area contributed by atoms with Gasteiger partial charge < -0.3 is 14.8 Å². The molecule has 0 aliphatic heterocycles. The predicted octanol–water partition coefficient (Wildman–Crippen LogP) is 3.81. The average Bonchev–Trinajstić information content (AvgIpc) is 2.55. The van der Waals surface area contributed by atoms with Crippen LogP contribution in [0.4, 0.5) is 5.69 Å². The zero-order valence-corrected chi connectivity index (χ0v) is 15.0. The van der Waals surface area contributed by atoms with Crippen LogP contribution in [0.15, 0.2) is 36.4 Å². The number of benzene rings is 2. The Morgan fingerprint density at radius 3 is 2.36 bits per heavy atom. The van der Waals surface area contributed by atoms with Gasteiger partial charge >= 0.3 is 5.97 Å². The van der Waals surface area contributed by atoms with Gasteiger partial charge in [-0.15, -0.1) is 0 Å². The van der Waals surface area contributed by atoms with E-state index in [0.717, 1.165) is 22.4 Å². The summed E-state index contributed by atoms with van der Waals surface area (Å²) in [4.78, 5) is 24.0. The van der Waals surface area contributed by atoms with Crippen LogP contribution in [0.5, 0.6) is 5.75 Å². The minimum Gasteiger partial charge on any atom is -0.493 e. The molecule has 0 heterocycles. The van der Waals surface area contributed by atoms with Gasteiger partial charge in [-0.3, -0.25) is 4.79 Å². The van der Waals surface area contributed by atoms with E-state index in [1.165, 1.54) is 7.11 Å². The van der Waals surface area contributed by atoms with Crippen LogP contribution in [0.25, 0.3) is 0 Å². The maximum atomic E-state index is 12.2. The topological polar surface area (TPSA) is 64.6 Å². The molecule has 2 rings (SSSR count). The maximum absolute atomic E-state index is 12.2. The third-order valence-electron chi connectivity index (χ3n) is 3.74. The third kappa shape index (κ3) is 5.08. The lowest BCUT2D eigenvalue weighted by molar-refractivity contribution is -0.116. The number of carbonyl (C=O) groups is 2. The van der Waals surface area contributed by atoms with E-state index in [4.69, 9.17) is 9.47 Å². The Labute approximate surface area is 148 Å². The van der Waals surface area contributed by atoms with Crippen molar-refractivity contribution in [3.8, 4) is 5.75 Å². The standard InChI is InChI=1S/C20H23NO4/c1-13-10-14(2)12-16(11-13)25-9-8-18(22)21-19-15(3)6-5-7-17(19)20(23)24-4/h5-7,10-12H,8-9H2,1-4H3,(H,21,22). The molecular weight excluding hydrogens is 318 g/mol. The highest BCUT2D eigenvalue weighted by Gasteiger charge is 2.15. The molecule has 1 amide bonds. The molecule has 1 N–H and O–H groups in total. The zero-order chi connectivity index (χ0) is 18.4. The number of aryl methyl sites for hydroxylation is 3. The van der Waals surface area contributed by atoms with E-state index in [9.17, 15) is 9.59 Å². The Morgan fingerprint density at radius 1 is 1.04 bits per heavy atom. The molecule has 0 aliphatic rings. The molecular formula is C20H23NO4. The first-order valence-corrected chi connectivity index (χ1v) is 8.09. The first-order chi connectivity index (χ1) is 11.9. The number of rotatable bonds is 6. The minimum atomic E-state index is -0.481. The maximum Gasteiger partial charge on any atom is 0.339 e. The molecule has 2 aromatic carbocycles. The van der Waals surface area contributed by atoms with E-state index >= 15 is 0 Å². The normalized spacial score (nSPS) is 10.2. The van der Waals surface area contributed by atoms with E-state index in [0.29, 0.717) is 11.3 Å². The number of carbonyl (C=O) groups excluding carboxylic acids is 2. The number of anilines is 1. The number of para-hydroxylation sites is 1. The van der Waals surface area contributed by atoms with Crippen LogP contribution >= 0.6 is 0 Å². The number of ether oxygens (including phenoxy) is 2. The predicted molar refractivity (Wildman–Crippen MR) is 97.2 cm³/mol. The first kappa shape index (κ1) is 18.5. The summed E-state index contributed by atoms with van der Waals surface area (Å²) in [5.74, 6) is 0.0470. The van der Waals surface area contributed by atoms with Gasteiger partial charge in [-0.1, -0.05) is 18.2 Å². The molecule has 0 aliphatic carbocycles. The summed E-state index contributed by atoms with van der Waals surface area (Å²) in [6, 6.07) is 11.1. The number of esters is 1. The third-order valence-corrected chi connectivity index (χ3v) is 3.74. The lowest BCUT2D eigenvalue weighted by atomic mass is 10.1. The van der Waals surface area contributed by atoms with Crippen molar-refractivity contribution in [2.75, 3.05) is 19.0 Å². The van der Waals surface area contributed by atoms with Crippen molar-refractivity contribution in [3.63, 3.8) is 0 Å². The van der Waals surface area contributed by atoms with E-state index in [2.05, 4.69) is 11.4 Å². The fourth-order valence-electron chi connectivity index (χ4n) is 2.59. The van der Waals surface area contributed by atoms with Crippen LogP contribution < -0.4 is 10.1 Å². The summed E-state index contributed by atoms with van der Waals surface area (Å²) >= 11 is 0. The molecule has 2 aromatic rings. The second-order valence-corrected chi connectivity index (χ2v) is 5.96. The molecule has 5 nitrogen and oxygen atoms in total. The van der Waals surface area contributed by atoms with E-state index in [1.807, 2.05) is 39.0 Å². The van der Waals surface area contributed by atoms with Crippen molar-refractivity contribution in [1.82, 2.24) is 0 Å². The van der Waals surface area contributed by atoms with Crippen molar-refractivity contribution >= 4 is 17.6 Å². The Morgan fingerprint density at radius 2 is 1.72 bits per heavy atom. The van der Waals surface area contributed by atoms with Gasteiger partial charge in [-0.2, -0.15) is 0 Å². The van der Waals surface area contributed by atoms with Crippen molar-refractivity contribution in [2.24, 2.45) is 0 Å². The van der Waals surface area contributed by atoms with Crippen LogP contribution in [0.2, 0.25) is 0 Å². The van der Waals surface area contributed by atoms with E-state index in [-0.39, 0.29) is 18.9 Å². The smallest absolute Gasteiger partial charge is 0.339 e. The molecule has 0 aromatic heterocycles. The van der Waals surface area contributed by atoms with Gasteiger partial charge in [0.15, 0.2) is 0 Å². The largest absolute Gasteiger partial charge is 0.493 e. The van der Waals surface area contributed by atoms with Gasteiger partial charge in [0.05, 0.1) is 31.4 Å². The average molecular weight is 341 g/mol. The van der Waals surface area contributed by atoms with Crippen LogP contribution in [0.1, 0.15) is 33.5 Å². The van der Waals surface area contributed by atoms with Crippen LogP contribution in [0, 0.1) is 20.8 Å².